The van der Waals surface area contributed by atoms with E-state index < -0.39 is 48.9 Å². The van der Waals surface area contributed by atoms with Crippen molar-refractivity contribution < 1.29 is 71.7 Å². The molecule has 0 aliphatic rings. The molecular weight excluding hydrogens is 391 g/mol. The van der Waals surface area contributed by atoms with Crippen molar-refractivity contribution in [2.75, 3.05) is 6.61 Å². The normalized spacial score (nSPS) is 16.6. The first-order valence-electron chi connectivity index (χ1n) is 4.94. The summed E-state index contributed by atoms with van der Waals surface area (Å²) in [6.07, 6.45) is -24.9. The van der Waals surface area contributed by atoms with Crippen LogP contribution in [0.1, 0.15) is 0 Å². The molecule has 0 amide bonds. The number of aliphatic hydroxyl groups excluding tert-OH is 1. The Balaban J connectivity index is 6.06. The second-order valence-corrected chi connectivity index (χ2v) is 3.73. The van der Waals surface area contributed by atoms with Gasteiger partial charge in [-0.2, -0.15) is 57.1 Å². The highest BCUT2D eigenvalue weighted by molar-refractivity contribution is 4.94. The molecule has 0 saturated heterocycles. The van der Waals surface area contributed by atoms with Crippen molar-refractivity contribution >= 4 is 0 Å². The van der Waals surface area contributed by atoms with Crippen LogP contribution in [-0.4, -0.2) is 41.9 Å². The summed E-state index contributed by atoms with van der Waals surface area (Å²) in [4.78, 5) is 0. The zero-order valence-electron chi connectivity index (χ0n) is 10.4. The quantitative estimate of drug-likeness (QED) is 0.522. The predicted molar refractivity (Wildman–Crippen MR) is 44.3 cm³/mol. The summed E-state index contributed by atoms with van der Waals surface area (Å²) in [5, 5.41) is 7.85. The first-order chi connectivity index (χ1) is 10.3. The van der Waals surface area contributed by atoms with Crippen LogP contribution in [0.15, 0.2) is 12.1 Å². The number of alkyl halides is 10. The molecule has 16 heteroatoms. The van der Waals surface area contributed by atoms with Gasteiger partial charge < -0.3 is 9.84 Å². The van der Waals surface area contributed by atoms with Crippen molar-refractivity contribution in [1.82, 2.24) is 0 Å². The summed E-state index contributed by atoms with van der Waals surface area (Å²) < 4.78 is 165. The smallest absolute Gasteiger partial charge is 0.398 e. The van der Waals surface area contributed by atoms with E-state index in [1.807, 2.05) is 4.74 Å². The molecule has 0 aromatic rings. The van der Waals surface area contributed by atoms with Gasteiger partial charge in [-0.1, -0.05) is 0 Å². The van der Waals surface area contributed by atoms with E-state index in [0.717, 1.165) is 0 Å². The first-order valence-corrected chi connectivity index (χ1v) is 4.94. The average molecular weight is 394 g/mol. The average Bonchev–Trinajstić information content (AvgIpc) is 2.35. The van der Waals surface area contributed by atoms with E-state index >= 15 is 0 Å². The number of hydrogen-bond donors (Lipinski definition) is 1. The summed E-state index contributed by atoms with van der Waals surface area (Å²) in [7, 11) is 0. The molecule has 0 fully saturated rings. The fourth-order valence-corrected chi connectivity index (χ4v) is 0.842. The SMILES string of the molecule is OCC(F)(F)C(F)(F)OC(F)(C(F)(F)F)C(F)(F)OC(F)=C(F)F. The van der Waals surface area contributed by atoms with Gasteiger partial charge >= 0.3 is 42.3 Å². The van der Waals surface area contributed by atoms with Gasteiger partial charge in [0.1, 0.15) is 6.61 Å². The molecule has 0 aromatic heterocycles. The van der Waals surface area contributed by atoms with Gasteiger partial charge in [0.25, 0.3) is 0 Å². The lowest BCUT2D eigenvalue weighted by Gasteiger charge is -2.36. The molecule has 0 radical (unpaired) electrons. The summed E-state index contributed by atoms with van der Waals surface area (Å²) >= 11 is 0. The third-order valence-electron chi connectivity index (χ3n) is 2.00. The zero-order valence-corrected chi connectivity index (χ0v) is 10.4. The molecule has 0 heterocycles. The third kappa shape index (κ3) is 4.14. The summed E-state index contributed by atoms with van der Waals surface area (Å²) in [6.45, 7) is -2.99. The number of hydrogen-bond acceptors (Lipinski definition) is 3. The van der Waals surface area contributed by atoms with Gasteiger partial charge in [0, 0.05) is 0 Å². The van der Waals surface area contributed by atoms with Crippen LogP contribution in [0.25, 0.3) is 0 Å². The largest absolute Gasteiger partial charge is 0.471 e. The Morgan fingerprint density at radius 2 is 1.17 bits per heavy atom. The van der Waals surface area contributed by atoms with Gasteiger partial charge in [-0.25, -0.2) is 0 Å². The van der Waals surface area contributed by atoms with Crippen LogP contribution >= 0.6 is 0 Å². The molecule has 0 bridgehead atoms. The van der Waals surface area contributed by atoms with Crippen molar-refractivity contribution in [1.29, 1.82) is 0 Å². The molecule has 0 saturated carbocycles. The van der Waals surface area contributed by atoms with Gasteiger partial charge in [0.15, 0.2) is 0 Å². The molecule has 0 aromatic carbocycles. The standard InChI is InChI=1S/C8H3F13O3/c9-2(10)3(11)23-8(20,21)5(14,6(15,16)17)24-7(18,19)4(12,13)1-22/h22H,1H2. The van der Waals surface area contributed by atoms with Gasteiger partial charge in [0.05, 0.1) is 0 Å². The minimum Gasteiger partial charge on any atom is -0.398 e. The van der Waals surface area contributed by atoms with Gasteiger partial charge in [-0.15, -0.1) is 0 Å². The van der Waals surface area contributed by atoms with E-state index in [-0.39, 0.29) is 0 Å². The molecule has 1 N–H and O–H groups in total. The van der Waals surface area contributed by atoms with Crippen molar-refractivity contribution in [3.05, 3.63) is 12.1 Å². The maximum atomic E-state index is 13.3. The molecule has 0 rings (SSSR count). The third-order valence-corrected chi connectivity index (χ3v) is 2.00. The van der Waals surface area contributed by atoms with Crippen LogP contribution in [0, 0.1) is 0 Å². The van der Waals surface area contributed by atoms with E-state index in [2.05, 4.69) is 0 Å². The lowest BCUT2D eigenvalue weighted by molar-refractivity contribution is -0.517. The minimum atomic E-state index is -7.31. The lowest BCUT2D eigenvalue weighted by atomic mass is 10.2. The molecule has 0 aliphatic heterocycles. The van der Waals surface area contributed by atoms with E-state index in [9.17, 15) is 57.1 Å². The first kappa shape index (κ1) is 22.6. The monoisotopic (exact) mass is 394 g/mol. The Labute approximate surface area is 122 Å². The highest BCUT2D eigenvalue weighted by atomic mass is 19.4. The molecular formula is C8H3F13O3. The Kier molecular flexibility index (Phi) is 6.06. The molecule has 144 valence electrons. The van der Waals surface area contributed by atoms with Crippen LogP contribution in [-0.2, 0) is 9.47 Å². The van der Waals surface area contributed by atoms with Crippen LogP contribution < -0.4 is 0 Å². The van der Waals surface area contributed by atoms with Crippen molar-refractivity contribution in [3.8, 4) is 0 Å². The predicted octanol–water partition coefficient (Wildman–Crippen LogP) is 4.10. The van der Waals surface area contributed by atoms with Gasteiger partial charge in [-0.05, 0) is 0 Å². The summed E-state index contributed by atoms with van der Waals surface area (Å²) in [5.74, 6) is -13.2. The number of aliphatic hydroxyl groups is 1. The number of ether oxygens (including phenoxy) is 2. The zero-order chi connectivity index (χ0) is 19.8. The van der Waals surface area contributed by atoms with Crippen LogP contribution in [0.3, 0.4) is 0 Å². The minimum absolute atomic E-state index is 1.75. The Bertz CT molecular complexity index is 480. The van der Waals surface area contributed by atoms with E-state index in [1.54, 1.807) is 4.74 Å². The molecule has 1 unspecified atom stereocenters. The lowest BCUT2D eigenvalue weighted by Crippen LogP contribution is -2.63. The topological polar surface area (TPSA) is 38.7 Å². The van der Waals surface area contributed by atoms with Gasteiger partial charge in [0.2, 0.25) is 0 Å². The van der Waals surface area contributed by atoms with E-state index in [0.29, 0.717) is 0 Å². The molecule has 1 atom stereocenters. The molecule has 24 heavy (non-hydrogen) atoms. The second-order valence-electron chi connectivity index (χ2n) is 3.73. The van der Waals surface area contributed by atoms with Crippen molar-refractivity contribution in [2.45, 2.75) is 30.2 Å². The second kappa shape index (κ2) is 6.45. The van der Waals surface area contributed by atoms with Crippen LogP contribution in [0.2, 0.25) is 0 Å². The summed E-state index contributed by atoms with van der Waals surface area (Å²) in [5.41, 5.74) is 0. The fourth-order valence-electron chi connectivity index (χ4n) is 0.842. The Morgan fingerprint density at radius 3 is 1.46 bits per heavy atom. The van der Waals surface area contributed by atoms with Crippen molar-refractivity contribution in [2.24, 2.45) is 0 Å². The van der Waals surface area contributed by atoms with E-state index in [1.165, 1.54) is 0 Å². The number of rotatable bonds is 7. The summed E-state index contributed by atoms with van der Waals surface area (Å²) in [6, 6.07) is -3.83. The van der Waals surface area contributed by atoms with Crippen LogP contribution in [0.4, 0.5) is 57.1 Å². The Hall–Kier alpha value is -1.45. The highest BCUT2D eigenvalue weighted by Crippen LogP contribution is 2.52. The molecule has 0 spiro atoms. The van der Waals surface area contributed by atoms with E-state index in [4.69, 9.17) is 5.11 Å². The van der Waals surface area contributed by atoms with Crippen molar-refractivity contribution in [3.63, 3.8) is 0 Å². The maximum Gasteiger partial charge on any atom is 0.471 e. The Morgan fingerprint density at radius 1 is 0.750 bits per heavy atom. The molecule has 3 nitrogen and oxygen atoms in total. The highest BCUT2D eigenvalue weighted by Gasteiger charge is 2.80. The number of halogens is 13. The van der Waals surface area contributed by atoms with Gasteiger partial charge in [-0.3, -0.25) is 4.74 Å². The maximum absolute atomic E-state index is 13.3. The fraction of sp³-hybridized carbons (Fsp3) is 0.750. The van der Waals surface area contributed by atoms with Crippen LogP contribution in [0.5, 0.6) is 0 Å². The molecule has 0 aliphatic carbocycles.